The van der Waals surface area contributed by atoms with Crippen LogP contribution >= 0.6 is 0 Å². The summed E-state index contributed by atoms with van der Waals surface area (Å²) in [7, 11) is -8.45. The summed E-state index contributed by atoms with van der Waals surface area (Å²) in [6, 6.07) is 4.12. The van der Waals surface area contributed by atoms with E-state index < -0.39 is 36.2 Å². The zero-order valence-electron chi connectivity index (χ0n) is 11.1. The highest BCUT2D eigenvalue weighted by atomic mass is 32.2. The molecule has 1 saturated heterocycles. The van der Waals surface area contributed by atoms with Crippen molar-refractivity contribution in [3.05, 3.63) is 23.8 Å². The number of hydrogen-bond donors (Lipinski definition) is 2. The van der Waals surface area contributed by atoms with Gasteiger partial charge in [-0.3, -0.25) is 9.35 Å². The zero-order chi connectivity index (χ0) is 16.0. The van der Waals surface area contributed by atoms with E-state index in [1.807, 2.05) is 0 Å². The minimum atomic E-state index is -4.54. The van der Waals surface area contributed by atoms with Crippen LogP contribution in [0.15, 0.2) is 23.1 Å². The number of nitrogens with two attached hydrogens (primary N) is 1. The first-order chi connectivity index (χ1) is 9.50. The van der Waals surface area contributed by atoms with Crippen LogP contribution in [0.1, 0.15) is 12.0 Å². The molecule has 0 aliphatic carbocycles. The lowest BCUT2D eigenvalue weighted by molar-refractivity contribution is -0.117. The Morgan fingerprint density at radius 3 is 2.38 bits per heavy atom. The maximum atomic E-state index is 11.9. The van der Waals surface area contributed by atoms with Crippen LogP contribution in [-0.4, -0.2) is 39.1 Å². The van der Waals surface area contributed by atoms with Crippen molar-refractivity contribution in [2.75, 3.05) is 11.4 Å². The monoisotopic (exact) mass is 334 g/mol. The predicted molar refractivity (Wildman–Crippen MR) is 74.9 cm³/mol. The van der Waals surface area contributed by atoms with Crippen molar-refractivity contribution >= 4 is 31.7 Å². The number of aryl methyl sites for hydroxylation is 1. The Bertz CT molecular complexity index is 800. The summed E-state index contributed by atoms with van der Waals surface area (Å²) in [5, 5.41) is 3.92. The van der Waals surface area contributed by atoms with Crippen LogP contribution in [0.25, 0.3) is 0 Å². The number of amides is 1. The van der Waals surface area contributed by atoms with Crippen LogP contribution in [0.4, 0.5) is 5.69 Å². The van der Waals surface area contributed by atoms with E-state index in [0.29, 0.717) is 5.56 Å². The fourth-order valence-electron chi connectivity index (χ4n) is 2.18. The van der Waals surface area contributed by atoms with Gasteiger partial charge in [-0.25, -0.2) is 13.6 Å². The normalized spacial score (nSPS) is 20.0. The topological polar surface area (TPSA) is 135 Å². The summed E-state index contributed by atoms with van der Waals surface area (Å²) in [6.07, 6.45) is -0.322. The van der Waals surface area contributed by atoms with Gasteiger partial charge in [-0.2, -0.15) is 8.42 Å². The molecule has 0 saturated carbocycles. The van der Waals surface area contributed by atoms with Gasteiger partial charge in [0.15, 0.2) is 0 Å². The molecule has 0 radical (unpaired) electrons. The SMILES string of the molecule is Cc1ccc(N2CC(S(N)(=O)=O)CC2=O)c(S(=O)(=O)O)c1. The molecule has 1 heterocycles. The van der Waals surface area contributed by atoms with Crippen LogP contribution in [0, 0.1) is 6.92 Å². The highest BCUT2D eigenvalue weighted by molar-refractivity contribution is 7.89. The third-order valence-corrected chi connectivity index (χ3v) is 5.37. The molecule has 10 heteroatoms. The number of carbonyl (C=O) groups is 1. The van der Waals surface area contributed by atoms with Crippen molar-refractivity contribution in [3.63, 3.8) is 0 Å². The number of rotatable bonds is 3. The molecule has 1 aromatic carbocycles. The molecule has 8 nitrogen and oxygen atoms in total. The number of anilines is 1. The Morgan fingerprint density at radius 2 is 1.90 bits per heavy atom. The minimum absolute atomic E-state index is 0.0562. The van der Waals surface area contributed by atoms with E-state index in [-0.39, 0.29) is 18.7 Å². The lowest BCUT2D eigenvalue weighted by Crippen LogP contribution is -2.32. The first kappa shape index (κ1) is 15.9. The molecular weight excluding hydrogens is 320 g/mol. The largest absolute Gasteiger partial charge is 0.310 e. The van der Waals surface area contributed by atoms with Crippen LogP contribution in [0.2, 0.25) is 0 Å². The fourth-order valence-corrected chi connectivity index (χ4v) is 3.69. The quantitative estimate of drug-likeness (QED) is 0.724. The molecule has 0 aromatic heterocycles. The Hall–Kier alpha value is -1.49. The van der Waals surface area contributed by atoms with E-state index in [0.717, 1.165) is 4.90 Å². The van der Waals surface area contributed by atoms with E-state index in [1.54, 1.807) is 13.0 Å². The summed E-state index contributed by atoms with van der Waals surface area (Å²) < 4.78 is 54.7. The summed E-state index contributed by atoms with van der Waals surface area (Å²) in [6.45, 7) is 1.38. The molecule has 0 spiro atoms. The van der Waals surface area contributed by atoms with Crippen molar-refractivity contribution in [3.8, 4) is 0 Å². The predicted octanol–water partition coefficient (Wildman–Crippen LogP) is -0.364. The van der Waals surface area contributed by atoms with Crippen molar-refractivity contribution < 1.29 is 26.2 Å². The first-order valence-corrected chi connectivity index (χ1v) is 8.95. The van der Waals surface area contributed by atoms with Gasteiger partial charge in [0.2, 0.25) is 15.9 Å². The number of primary sulfonamides is 1. The van der Waals surface area contributed by atoms with Crippen LogP contribution in [0.5, 0.6) is 0 Å². The Balaban J connectivity index is 2.51. The molecule has 1 atom stereocenters. The number of nitrogens with zero attached hydrogens (tertiary/aromatic N) is 1. The van der Waals surface area contributed by atoms with E-state index in [1.165, 1.54) is 12.1 Å². The Labute approximate surface area is 122 Å². The molecule has 3 N–H and O–H groups in total. The Morgan fingerprint density at radius 1 is 1.29 bits per heavy atom. The highest BCUT2D eigenvalue weighted by Gasteiger charge is 2.38. The van der Waals surface area contributed by atoms with Gasteiger partial charge in [0.25, 0.3) is 10.1 Å². The number of benzene rings is 1. The molecule has 1 unspecified atom stereocenters. The average molecular weight is 334 g/mol. The molecule has 116 valence electrons. The lowest BCUT2D eigenvalue weighted by atomic mass is 10.2. The maximum absolute atomic E-state index is 11.9. The van der Waals surface area contributed by atoms with Gasteiger partial charge in [-0.05, 0) is 24.6 Å². The molecule has 1 fully saturated rings. The average Bonchev–Trinajstić information content (AvgIpc) is 2.70. The fraction of sp³-hybridized carbons (Fsp3) is 0.364. The second-order valence-corrected chi connectivity index (χ2v) is 8.10. The lowest BCUT2D eigenvalue weighted by Gasteiger charge is -2.19. The highest BCUT2D eigenvalue weighted by Crippen LogP contribution is 2.31. The van der Waals surface area contributed by atoms with Crippen LogP contribution in [0.3, 0.4) is 0 Å². The molecule has 1 aliphatic rings. The van der Waals surface area contributed by atoms with Crippen molar-refractivity contribution in [2.45, 2.75) is 23.5 Å². The third kappa shape index (κ3) is 3.23. The van der Waals surface area contributed by atoms with Gasteiger partial charge >= 0.3 is 0 Å². The smallest absolute Gasteiger partial charge is 0.296 e. The maximum Gasteiger partial charge on any atom is 0.296 e. The summed E-state index contributed by atoms with van der Waals surface area (Å²) >= 11 is 0. The second kappa shape index (κ2) is 5.05. The van der Waals surface area contributed by atoms with Gasteiger partial charge in [0.1, 0.15) is 10.1 Å². The van der Waals surface area contributed by atoms with Crippen LogP contribution in [-0.2, 0) is 24.9 Å². The van der Waals surface area contributed by atoms with E-state index in [2.05, 4.69) is 0 Å². The van der Waals surface area contributed by atoms with Gasteiger partial charge in [-0.1, -0.05) is 6.07 Å². The summed E-state index contributed by atoms with van der Waals surface area (Å²) in [5.41, 5.74) is 0.514. The van der Waals surface area contributed by atoms with Crippen molar-refractivity contribution in [1.29, 1.82) is 0 Å². The molecular formula is C11H14N2O6S2. The third-order valence-electron chi connectivity index (χ3n) is 3.24. The molecule has 1 aliphatic heterocycles. The van der Waals surface area contributed by atoms with Gasteiger partial charge in [0.05, 0.1) is 5.69 Å². The molecule has 0 bridgehead atoms. The first-order valence-electron chi connectivity index (χ1n) is 5.90. The van der Waals surface area contributed by atoms with Crippen molar-refractivity contribution in [2.24, 2.45) is 5.14 Å². The molecule has 1 amide bonds. The molecule has 21 heavy (non-hydrogen) atoms. The van der Waals surface area contributed by atoms with Gasteiger partial charge in [-0.15, -0.1) is 0 Å². The zero-order valence-corrected chi connectivity index (χ0v) is 12.7. The van der Waals surface area contributed by atoms with Crippen LogP contribution < -0.4 is 10.0 Å². The Kier molecular flexibility index (Phi) is 3.82. The van der Waals surface area contributed by atoms with E-state index in [9.17, 15) is 26.2 Å². The summed E-state index contributed by atoms with van der Waals surface area (Å²) in [5.74, 6) is -0.567. The number of hydrogen-bond acceptors (Lipinski definition) is 5. The standard InChI is InChI=1S/C11H14N2O6S2/c1-7-2-3-9(10(4-7)21(17,18)19)13-6-8(5-11(13)14)20(12,15)16/h2-4,8H,5-6H2,1H3,(H2,12,15,16)(H,17,18,19). The minimum Gasteiger partial charge on any atom is -0.310 e. The summed E-state index contributed by atoms with van der Waals surface area (Å²) in [4.78, 5) is 12.5. The number of sulfonamides is 1. The van der Waals surface area contributed by atoms with E-state index >= 15 is 0 Å². The van der Waals surface area contributed by atoms with Gasteiger partial charge in [0, 0.05) is 13.0 Å². The molecule has 2 rings (SSSR count). The van der Waals surface area contributed by atoms with Crippen molar-refractivity contribution in [1.82, 2.24) is 0 Å². The number of carbonyl (C=O) groups excluding carboxylic acids is 1. The van der Waals surface area contributed by atoms with Gasteiger partial charge < -0.3 is 4.90 Å². The van der Waals surface area contributed by atoms with E-state index in [4.69, 9.17) is 5.14 Å². The second-order valence-electron chi connectivity index (χ2n) is 4.87. The molecule has 1 aromatic rings.